The van der Waals surface area contributed by atoms with E-state index in [1.54, 1.807) is 0 Å². The molecule has 1 fully saturated rings. The van der Waals surface area contributed by atoms with Crippen LogP contribution < -0.4 is 16.9 Å². The fraction of sp³-hybridized carbons (Fsp3) is 0.667. The Hall–Kier alpha value is -1.52. The predicted molar refractivity (Wildman–Crippen MR) is 73.1 cm³/mol. The first kappa shape index (κ1) is 15.9. The van der Waals surface area contributed by atoms with Crippen LogP contribution in [0.5, 0.6) is 0 Å². The van der Waals surface area contributed by atoms with Gasteiger partial charge < -0.3 is 20.7 Å². The number of nitrogens with one attached hydrogen (secondary N) is 1. The van der Waals surface area contributed by atoms with Crippen LogP contribution in [0.25, 0.3) is 0 Å². The minimum atomic E-state index is -1.08. The van der Waals surface area contributed by atoms with E-state index in [4.69, 9.17) is 15.3 Å². The summed E-state index contributed by atoms with van der Waals surface area (Å²) in [6, 6.07) is 1.44. The minimum Gasteiger partial charge on any atom is -0.394 e. The number of anilines is 1. The fourth-order valence-corrected chi connectivity index (χ4v) is 2.10. The van der Waals surface area contributed by atoms with Crippen molar-refractivity contribution < 1.29 is 19.8 Å². The molecule has 9 nitrogen and oxygen atoms in total. The third-order valence-corrected chi connectivity index (χ3v) is 3.19. The minimum absolute atomic E-state index is 0.0927. The first-order valence-electron chi connectivity index (χ1n) is 6.76. The van der Waals surface area contributed by atoms with Crippen LogP contribution in [0.4, 0.5) is 5.82 Å². The van der Waals surface area contributed by atoms with Gasteiger partial charge in [-0.05, 0) is 12.5 Å². The summed E-state index contributed by atoms with van der Waals surface area (Å²) in [5.41, 5.74) is 7.53. The van der Waals surface area contributed by atoms with E-state index in [0.29, 0.717) is 6.54 Å². The zero-order valence-electron chi connectivity index (χ0n) is 11.7. The van der Waals surface area contributed by atoms with Gasteiger partial charge in [0, 0.05) is 12.7 Å². The van der Waals surface area contributed by atoms with E-state index in [1.807, 2.05) is 6.92 Å². The quantitative estimate of drug-likeness (QED) is 0.364. The molecule has 9 heteroatoms. The summed E-state index contributed by atoms with van der Waals surface area (Å²) in [6.45, 7) is 2.15. The SMILES string of the molecule is CCCNO[C@@H]1[C@H](O)[C@@H](CO)O[C@H]1n1ccc(N)nc1=O. The molecule has 118 valence electrons. The maximum atomic E-state index is 11.9. The Morgan fingerprint density at radius 1 is 1.62 bits per heavy atom. The van der Waals surface area contributed by atoms with Crippen molar-refractivity contribution in [3.05, 3.63) is 22.7 Å². The van der Waals surface area contributed by atoms with Gasteiger partial charge in [-0.25, -0.2) is 10.3 Å². The molecule has 2 heterocycles. The van der Waals surface area contributed by atoms with Gasteiger partial charge in [0.15, 0.2) is 12.3 Å². The number of nitrogens with zero attached hydrogens (tertiary/aromatic N) is 2. The van der Waals surface area contributed by atoms with Crippen molar-refractivity contribution in [1.82, 2.24) is 15.0 Å². The van der Waals surface area contributed by atoms with Crippen LogP contribution in [0.2, 0.25) is 0 Å². The van der Waals surface area contributed by atoms with Crippen molar-refractivity contribution in [2.24, 2.45) is 0 Å². The summed E-state index contributed by atoms with van der Waals surface area (Å²) >= 11 is 0. The molecule has 0 aromatic carbocycles. The average Bonchev–Trinajstić information content (AvgIpc) is 2.76. The Morgan fingerprint density at radius 2 is 2.38 bits per heavy atom. The highest BCUT2D eigenvalue weighted by atomic mass is 16.7. The summed E-state index contributed by atoms with van der Waals surface area (Å²) < 4.78 is 6.66. The normalized spacial score (nSPS) is 28.9. The lowest BCUT2D eigenvalue weighted by molar-refractivity contribution is -0.111. The zero-order chi connectivity index (χ0) is 15.4. The molecule has 0 aliphatic carbocycles. The topological polar surface area (TPSA) is 132 Å². The second kappa shape index (κ2) is 6.96. The van der Waals surface area contributed by atoms with E-state index >= 15 is 0 Å². The van der Waals surface area contributed by atoms with Gasteiger partial charge in [-0.1, -0.05) is 6.92 Å². The summed E-state index contributed by atoms with van der Waals surface area (Å²) in [5, 5.41) is 19.3. The second-order valence-electron chi connectivity index (χ2n) is 4.76. The van der Waals surface area contributed by atoms with Gasteiger partial charge in [-0.3, -0.25) is 9.40 Å². The molecular formula is C12H20N4O5. The Kier molecular flexibility index (Phi) is 5.26. The van der Waals surface area contributed by atoms with E-state index in [1.165, 1.54) is 16.8 Å². The van der Waals surface area contributed by atoms with Gasteiger partial charge in [0.25, 0.3) is 0 Å². The number of aliphatic hydroxyl groups excluding tert-OH is 2. The maximum Gasteiger partial charge on any atom is 0.351 e. The van der Waals surface area contributed by atoms with Crippen molar-refractivity contribution in [2.75, 3.05) is 18.9 Å². The molecule has 1 saturated heterocycles. The van der Waals surface area contributed by atoms with Gasteiger partial charge in [0.2, 0.25) is 0 Å². The van der Waals surface area contributed by atoms with Gasteiger partial charge in [0.1, 0.15) is 18.0 Å². The molecule has 0 amide bonds. The lowest BCUT2D eigenvalue weighted by Gasteiger charge is -2.21. The number of aromatic nitrogens is 2. The Bertz CT molecular complexity index is 523. The molecule has 0 spiro atoms. The molecule has 0 saturated carbocycles. The van der Waals surface area contributed by atoms with Crippen LogP contribution in [-0.4, -0.2) is 51.2 Å². The molecule has 0 radical (unpaired) electrons. The van der Waals surface area contributed by atoms with Crippen LogP contribution in [0, 0.1) is 0 Å². The molecule has 2 rings (SSSR count). The van der Waals surface area contributed by atoms with Crippen LogP contribution in [-0.2, 0) is 9.57 Å². The molecule has 5 N–H and O–H groups in total. The monoisotopic (exact) mass is 300 g/mol. The lowest BCUT2D eigenvalue weighted by atomic mass is 10.1. The first-order valence-corrected chi connectivity index (χ1v) is 6.76. The van der Waals surface area contributed by atoms with E-state index in [2.05, 4.69) is 10.5 Å². The number of aliphatic hydroxyl groups is 2. The molecule has 1 aliphatic rings. The smallest absolute Gasteiger partial charge is 0.351 e. The fourth-order valence-electron chi connectivity index (χ4n) is 2.10. The number of nitrogen functional groups attached to an aromatic ring is 1. The molecular weight excluding hydrogens is 280 g/mol. The standard InChI is InChI=1S/C12H20N4O5/c1-2-4-14-21-10-9(18)7(6-17)20-11(10)16-5-3-8(13)15-12(16)19/h3,5,7,9-11,14,17-18H,2,4,6H2,1H3,(H2,13,15,19)/t7-,9-,10-,11-/m1/s1. The van der Waals surface area contributed by atoms with Crippen LogP contribution in [0.15, 0.2) is 17.1 Å². The Labute approximate surface area is 121 Å². The van der Waals surface area contributed by atoms with E-state index in [-0.39, 0.29) is 12.4 Å². The molecule has 21 heavy (non-hydrogen) atoms. The highest BCUT2D eigenvalue weighted by molar-refractivity contribution is 5.23. The first-order chi connectivity index (χ1) is 10.1. The summed E-state index contributed by atoms with van der Waals surface area (Å²) in [4.78, 5) is 20.9. The number of hydrogen-bond acceptors (Lipinski definition) is 8. The van der Waals surface area contributed by atoms with Gasteiger partial charge >= 0.3 is 5.69 Å². The number of rotatable bonds is 6. The second-order valence-corrected chi connectivity index (χ2v) is 4.76. The third kappa shape index (κ3) is 3.39. The van der Waals surface area contributed by atoms with Crippen LogP contribution in [0.1, 0.15) is 19.6 Å². The maximum absolute atomic E-state index is 11.9. The van der Waals surface area contributed by atoms with Crippen LogP contribution in [0.3, 0.4) is 0 Å². The van der Waals surface area contributed by atoms with E-state index in [0.717, 1.165) is 6.42 Å². The molecule has 1 aliphatic heterocycles. The largest absolute Gasteiger partial charge is 0.394 e. The van der Waals surface area contributed by atoms with Crippen molar-refractivity contribution in [3.63, 3.8) is 0 Å². The molecule has 0 unspecified atom stereocenters. The number of hydroxylamine groups is 1. The van der Waals surface area contributed by atoms with Crippen molar-refractivity contribution in [2.45, 2.75) is 37.9 Å². The highest BCUT2D eigenvalue weighted by Gasteiger charge is 2.46. The van der Waals surface area contributed by atoms with Crippen molar-refractivity contribution in [1.29, 1.82) is 0 Å². The number of ether oxygens (including phenoxy) is 1. The number of hydrogen-bond donors (Lipinski definition) is 4. The van der Waals surface area contributed by atoms with Gasteiger partial charge in [-0.2, -0.15) is 4.98 Å². The summed E-state index contributed by atoms with van der Waals surface area (Å²) in [6.07, 6.45) is -1.42. The molecule has 0 bridgehead atoms. The third-order valence-electron chi connectivity index (χ3n) is 3.19. The van der Waals surface area contributed by atoms with Gasteiger partial charge in [0.05, 0.1) is 6.61 Å². The molecule has 1 aromatic heterocycles. The lowest BCUT2D eigenvalue weighted by Crippen LogP contribution is -2.41. The highest BCUT2D eigenvalue weighted by Crippen LogP contribution is 2.30. The molecule has 1 aromatic rings. The van der Waals surface area contributed by atoms with Crippen LogP contribution >= 0.6 is 0 Å². The summed E-state index contributed by atoms with van der Waals surface area (Å²) in [7, 11) is 0. The predicted octanol–water partition coefficient (Wildman–Crippen LogP) is -1.62. The van der Waals surface area contributed by atoms with Crippen molar-refractivity contribution >= 4 is 5.82 Å². The van der Waals surface area contributed by atoms with E-state index in [9.17, 15) is 15.0 Å². The summed E-state index contributed by atoms with van der Waals surface area (Å²) in [5.74, 6) is 0.0927. The van der Waals surface area contributed by atoms with E-state index < -0.39 is 30.2 Å². The Morgan fingerprint density at radius 3 is 3.00 bits per heavy atom. The Balaban J connectivity index is 2.23. The average molecular weight is 300 g/mol. The van der Waals surface area contributed by atoms with Gasteiger partial charge in [-0.15, -0.1) is 0 Å². The molecule has 4 atom stereocenters. The van der Waals surface area contributed by atoms with Crippen molar-refractivity contribution in [3.8, 4) is 0 Å². The number of nitrogens with two attached hydrogens (primary N) is 1. The zero-order valence-corrected chi connectivity index (χ0v) is 11.7.